The van der Waals surface area contributed by atoms with Gasteiger partial charge in [0.2, 0.25) is 11.8 Å². The Morgan fingerprint density at radius 1 is 1.13 bits per heavy atom. The quantitative estimate of drug-likeness (QED) is 0.642. The first-order valence-electron chi connectivity index (χ1n) is 9.89. The normalized spacial score (nSPS) is 15.7. The number of hydrogen-bond donors (Lipinski definition) is 1. The van der Waals surface area contributed by atoms with Crippen molar-refractivity contribution in [3.63, 3.8) is 0 Å². The van der Waals surface area contributed by atoms with Crippen molar-refractivity contribution in [3.8, 4) is 11.3 Å². The number of ether oxygens (including phenoxy) is 1. The van der Waals surface area contributed by atoms with E-state index in [4.69, 9.17) is 4.74 Å². The summed E-state index contributed by atoms with van der Waals surface area (Å²) in [6.45, 7) is 1.96. The standard InChI is InChI=1S/C23H21N3O4S/c1-15-20(17-10-6-3-7-11-17)24-22(31-15)25-21(28)18-12-13-19(27)26(18)23(29)30-14-16-8-4-2-5-9-16/h2-11,18H,12-14H2,1H3,(H,24,25,28)/t18-/m0/s1. The molecule has 1 atom stereocenters. The van der Waals surface area contributed by atoms with Crippen molar-refractivity contribution in [1.82, 2.24) is 9.88 Å². The SMILES string of the molecule is Cc1sc(NC(=O)[C@@H]2CCC(=O)N2C(=O)OCc2ccccc2)nc1-c1ccccc1. The molecule has 31 heavy (non-hydrogen) atoms. The smallest absolute Gasteiger partial charge is 0.417 e. The molecule has 8 heteroatoms. The molecule has 2 heterocycles. The first-order valence-corrected chi connectivity index (χ1v) is 10.7. The predicted molar refractivity (Wildman–Crippen MR) is 117 cm³/mol. The lowest BCUT2D eigenvalue weighted by molar-refractivity contribution is -0.131. The van der Waals surface area contributed by atoms with Crippen molar-refractivity contribution in [3.05, 3.63) is 71.1 Å². The van der Waals surface area contributed by atoms with Crippen LogP contribution in [0.15, 0.2) is 60.7 Å². The molecule has 1 aromatic heterocycles. The average Bonchev–Trinajstić information content (AvgIpc) is 3.35. The van der Waals surface area contributed by atoms with Gasteiger partial charge in [0.05, 0.1) is 5.69 Å². The van der Waals surface area contributed by atoms with Gasteiger partial charge in [0.15, 0.2) is 5.13 Å². The fraction of sp³-hybridized carbons (Fsp3) is 0.217. The highest BCUT2D eigenvalue weighted by Gasteiger charge is 2.41. The Bertz CT molecular complexity index is 1100. The van der Waals surface area contributed by atoms with Crippen molar-refractivity contribution in [1.29, 1.82) is 0 Å². The van der Waals surface area contributed by atoms with Gasteiger partial charge in [-0.25, -0.2) is 14.7 Å². The summed E-state index contributed by atoms with van der Waals surface area (Å²) in [5, 5.41) is 3.19. The molecular weight excluding hydrogens is 414 g/mol. The van der Waals surface area contributed by atoms with Crippen molar-refractivity contribution in [2.45, 2.75) is 32.4 Å². The van der Waals surface area contributed by atoms with E-state index in [2.05, 4.69) is 10.3 Å². The van der Waals surface area contributed by atoms with Crippen LogP contribution in [0.1, 0.15) is 23.3 Å². The zero-order valence-corrected chi connectivity index (χ0v) is 17.7. The number of amides is 3. The van der Waals surface area contributed by atoms with Crippen LogP contribution in [0.5, 0.6) is 0 Å². The van der Waals surface area contributed by atoms with Crippen LogP contribution in [-0.4, -0.2) is 33.8 Å². The average molecular weight is 436 g/mol. The predicted octanol–water partition coefficient (Wildman–Crippen LogP) is 4.38. The molecule has 4 rings (SSSR count). The van der Waals surface area contributed by atoms with Gasteiger partial charge < -0.3 is 10.1 Å². The number of carbonyl (C=O) groups is 3. The zero-order valence-electron chi connectivity index (χ0n) is 16.9. The maximum atomic E-state index is 12.9. The number of aromatic nitrogens is 1. The molecule has 0 spiro atoms. The summed E-state index contributed by atoms with van der Waals surface area (Å²) in [4.78, 5) is 44.1. The van der Waals surface area contributed by atoms with E-state index in [1.807, 2.05) is 67.6 Å². The zero-order chi connectivity index (χ0) is 21.8. The van der Waals surface area contributed by atoms with Crippen molar-refractivity contribution < 1.29 is 19.1 Å². The van der Waals surface area contributed by atoms with Crippen LogP contribution < -0.4 is 5.32 Å². The molecule has 158 valence electrons. The van der Waals surface area contributed by atoms with Gasteiger partial charge in [-0.1, -0.05) is 60.7 Å². The van der Waals surface area contributed by atoms with Crippen molar-refractivity contribution in [2.24, 2.45) is 0 Å². The van der Waals surface area contributed by atoms with Crippen LogP contribution in [0.4, 0.5) is 9.93 Å². The molecule has 1 saturated heterocycles. The summed E-state index contributed by atoms with van der Waals surface area (Å²) in [7, 11) is 0. The maximum Gasteiger partial charge on any atom is 0.417 e. The third kappa shape index (κ3) is 4.64. The number of rotatable bonds is 5. The summed E-state index contributed by atoms with van der Waals surface area (Å²) in [5.41, 5.74) is 2.55. The van der Waals surface area contributed by atoms with Gasteiger partial charge >= 0.3 is 6.09 Å². The summed E-state index contributed by atoms with van der Waals surface area (Å²) in [5.74, 6) is -0.866. The second-order valence-corrected chi connectivity index (χ2v) is 8.34. The molecule has 0 radical (unpaired) electrons. The summed E-state index contributed by atoms with van der Waals surface area (Å²) in [6.07, 6.45) is -0.446. The Hall–Kier alpha value is -3.52. The Morgan fingerprint density at radius 2 is 1.81 bits per heavy atom. The van der Waals surface area contributed by atoms with Crippen LogP contribution in [-0.2, 0) is 20.9 Å². The molecular formula is C23H21N3O4S. The summed E-state index contributed by atoms with van der Waals surface area (Å²) < 4.78 is 5.27. The highest BCUT2D eigenvalue weighted by atomic mass is 32.1. The van der Waals surface area contributed by atoms with Gasteiger partial charge in [0.1, 0.15) is 12.6 Å². The van der Waals surface area contributed by atoms with Crippen LogP contribution in [0.3, 0.4) is 0 Å². The Labute approximate surface area is 183 Å². The summed E-state index contributed by atoms with van der Waals surface area (Å²) >= 11 is 1.35. The van der Waals surface area contributed by atoms with E-state index in [0.29, 0.717) is 5.13 Å². The molecule has 0 bridgehead atoms. The number of imide groups is 1. The number of hydrogen-bond acceptors (Lipinski definition) is 6. The molecule has 1 aliphatic heterocycles. The number of nitrogens with one attached hydrogen (secondary N) is 1. The topological polar surface area (TPSA) is 88.6 Å². The molecule has 3 amide bonds. The number of likely N-dealkylation sites (tertiary alicyclic amines) is 1. The molecule has 0 unspecified atom stereocenters. The minimum Gasteiger partial charge on any atom is -0.444 e. The van der Waals surface area contributed by atoms with E-state index in [9.17, 15) is 14.4 Å². The van der Waals surface area contributed by atoms with E-state index in [0.717, 1.165) is 26.6 Å². The number of anilines is 1. The molecule has 0 saturated carbocycles. The molecule has 3 aromatic rings. The first kappa shape index (κ1) is 20.7. The van der Waals surface area contributed by atoms with Crippen LogP contribution in [0.25, 0.3) is 11.3 Å². The van der Waals surface area contributed by atoms with E-state index in [1.165, 1.54) is 11.3 Å². The van der Waals surface area contributed by atoms with Crippen molar-refractivity contribution >= 4 is 34.4 Å². The molecule has 1 aliphatic rings. The molecule has 7 nitrogen and oxygen atoms in total. The third-order valence-corrected chi connectivity index (χ3v) is 5.88. The van der Waals surface area contributed by atoms with Gasteiger partial charge in [0, 0.05) is 16.9 Å². The molecule has 1 fully saturated rings. The van der Waals surface area contributed by atoms with Gasteiger partial charge in [-0.05, 0) is 18.9 Å². The van der Waals surface area contributed by atoms with Crippen LogP contribution in [0.2, 0.25) is 0 Å². The fourth-order valence-corrected chi connectivity index (χ4v) is 4.29. The van der Waals surface area contributed by atoms with Crippen LogP contribution in [0, 0.1) is 6.92 Å². The minimum atomic E-state index is -0.917. The second-order valence-electron chi connectivity index (χ2n) is 7.14. The van der Waals surface area contributed by atoms with Crippen molar-refractivity contribution in [2.75, 3.05) is 5.32 Å². The third-order valence-electron chi connectivity index (χ3n) is 4.99. The van der Waals surface area contributed by atoms with Gasteiger partial charge in [-0.15, -0.1) is 11.3 Å². The number of aryl methyl sites for hydroxylation is 1. The molecule has 1 N–H and O–H groups in total. The fourth-order valence-electron chi connectivity index (χ4n) is 3.45. The number of nitrogens with zero attached hydrogens (tertiary/aromatic N) is 2. The number of thiazole rings is 1. The van der Waals surface area contributed by atoms with Gasteiger partial charge in [-0.2, -0.15) is 0 Å². The highest BCUT2D eigenvalue weighted by molar-refractivity contribution is 7.16. The highest BCUT2D eigenvalue weighted by Crippen LogP contribution is 2.31. The Balaban J connectivity index is 1.44. The first-order chi connectivity index (χ1) is 15.0. The van der Waals surface area contributed by atoms with Gasteiger partial charge in [-0.3, -0.25) is 9.59 Å². The molecule has 0 aliphatic carbocycles. The van der Waals surface area contributed by atoms with E-state index in [-0.39, 0.29) is 19.4 Å². The Morgan fingerprint density at radius 3 is 2.52 bits per heavy atom. The Kier molecular flexibility index (Phi) is 6.08. The lowest BCUT2D eigenvalue weighted by Gasteiger charge is -2.21. The number of benzene rings is 2. The maximum absolute atomic E-state index is 12.9. The summed E-state index contributed by atoms with van der Waals surface area (Å²) in [6, 6.07) is 17.9. The monoisotopic (exact) mass is 435 g/mol. The lowest BCUT2D eigenvalue weighted by Crippen LogP contribution is -2.45. The minimum absolute atomic E-state index is 0.0316. The molecule has 2 aromatic carbocycles. The van der Waals surface area contributed by atoms with Crippen LogP contribution >= 0.6 is 11.3 Å². The van der Waals surface area contributed by atoms with E-state index in [1.54, 1.807) is 0 Å². The second kappa shape index (κ2) is 9.09. The van der Waals surface area contributed by atoms with E-state index >= 15 is 0 Å². The number of carbonyl (C=O) groups excluding carboxylic acids is 3. The lowest BCUT2D eigenvalue weighted by atomic mass is 10.1. The van der Waals surface area contributed by atoms with Gasteiger partial charge in [0.25, 0.3) is 0 Å². The van der Waals surface area contributed by atoms with E-state index < -0.39 is 23.9 Å². The largest absolute Gasteiger partial charge is 0.444 e.